The first-order chi connectivity index (χ1) is 14.0. The molecule has 0 bridgehead atoms. The van der Waals surface area contributed by atoms with E-state index in [1.54, 1.807) is 26.4 Å². The molecule has 0 radical (unpaired) electrons. The quantitative estimate of drug-likeness (QED) is 0.589. The summed E-state index contributed by atoms with van der Waals surface area (Å²) >= 11 is 1.43. The minimum Gasteiger partial charge on any atom is -0.493 e. The van der Waals surface area contributed by atoms with Gasteiger partial charge in [-0.2, -0.15) is 0 Å². The van der Waals surface area contributed by atoms with Crippen LogP contribution in [0.2, 0.25) is 0 Å². The number of aromatic nitrogens is 1. The number of carboxylic acids is 1. The van der Waals surface area contributed by atoms with Gasteiger partial charge in [-0.3, -0.25) is 4.79 Å². The normalized spacial score (nSPS) is 10.4. The molecule has 0 saturated carbocycles. The van der Waals surface area contributed by atoms with Crippen LogP contribution in [-0.4, -0.2) is 36.2 Å². The number of para-hydroxylation sites is 1. The second-order valence-corrected chi connectivity index (χ2v) is 7.00. The molecule has 150 valence electrons. The number of nitrogens with zero attached hydrogens (tertiary/aromatic N) is 1. The number of methoxy groups -OCH3 is 2. The van der Waals surface area contributed by atoms with Crippen LogP contribution < -0.4 is 14.8 Å². The third-order valence-electron chi connectivity index (χ3n) is 4.22. The number of amides is 1. The fourth-order valence-corrected chi connectivity index (χ4v) is 3.60. The number of carbonyl (C=O) groups is 2. The Labute approximate surface area is 171 Å². The highest BCUT2D eigenvalue weighted by Crippen LogP contribution is 2.38. The lowest BCUT2D eigenvalue weighted by Crippen LogP contribution is -2.24. The topological polar surface area (TPSA) is 97.8 Å². The van der Waals surface area contributed by atoms with Crippen molar-refractivity contribution in [3.05, 3.63) is 64.7 Å². The van der Waals surface area contributed by atoms with Crippen LogP contribution in [0.5, 0.6) is 11.5 Å². The van der Waals surface area contributed by atoms with Crippen molar-refractivity contribution in [2.24, 2.45) is 0 Å². The maximum absolute atomic E-state index is 12.2. The summed E-state index contributed by atoms with van der Waals surface area (Å²) in [6, 6.07) is 12.0. The largest absolute Gasteiger partial charge is 0.493 e. The van der Waals surface area contributed by atoms with Crippen LogP contribution in [0.1, 0.15) is 21.6 Å². The highest BCUT2D eigenvalue weighted by Gasteiger charge is 2.15. The lowest BCUT2D eigenvalue weighted by Gasteiger charge is -2.10. The van der Waals surface area contributed by atoms with Crippen molar-refractivity contribution in [2.45, 2.75) is 13.0 Å². The first-order valence-electron chi connectivity index (χ1n) is 8.76. The molecule has 0 spiro atoms. The molecule has 3 rings (SSSR count). The van der Waals surface area contributed by atoms with Crippen molar-refractivity contribution >= 4 is 23.2 Å². The third-order valence-corrected chi connectivity index (χ3v) is 5.14. The van der Waals surface area contributed by atoms with Gasteiger partial charge in [-0.25, -0.2) is 9.78 Å². The number of hydrogen-bond donors (Lipinski definition) is 2. The fraction of sp³-hybridized carbons (Fsp3) is 0.190. The number of rotatable bonds is 8. The van der Waals surface area contributed by atoms with Crippen LogP contribution in [0.25, 0.3) is 10.6 Å². The highest BCUT2D eigenvalue weighted by molar-refractivity contribution is 7.13. The Morgan fingerprint density at radius 2 is 1.86 bits per heavy atom. The molecule has 2 N–H and O–H groups in total. The van der Waals surface area contributed by atoms with E-state index in [0.717, 1.165) is 16.1 Å². The van der Waals surface area contributed by atoms with E-state index in [4.69, 9.17) is 14.6 Å². The van der Waals surface area contributed by atoms with Gasteiger partial charge in [-0.15, -0.1) is 11.3 Å². The van der Waals surface area contributed by atoms with E-state index in [9.17, 15) is 9.59 Å². The van der Waals surface area contributed by atoms with Gasteiger partial charge in [0, 0.05) is 11.9 Å². The second kappa shape index (κ2) is 9.20. The predicted molar refractivity (Wildman–Crippen MR) is 110 cm³/mol. The minimum absolute atomic E-state index is 0.149. The van der Waals surface area contributed by atoms with E-state index >= 15 is 0 Å². The molecule has 3 aromatic rings. The van der Waals surface area contributed by atoms with Crippen LogP contribution in [0.3, 0.4) is 0 Å². The number of nitrogens with one attached hydrogen (secondary N) is 1. The van der Waals surface area contributed by atoms with E-state index < -0.39 is 5.97 Å². The molecule has 1 heterocycles. The number of carbonyl (C=O) groups excluding carboxylic acids is 1. The Kier molecular flexibility index (Phi) is 6.46. The lowest BCUT2D eigenvalue weighted by molar-refractivity contribution is -0.120. The minimum atomic E-state index is -0.979. The molecule has 7 nitrogen and oxygen atoms in total. The number of thiazole rings is 1. The zero-order valence-corrected chi connectivity index (χ0v) is 16.8. The summed E-state index contributed by atoms with van der Waals surface area (Å²) in [5.41, 5.74) is 2.50. The molecule has 29 heavy (non-hydrogen) atoms. The Bertz CT molecular complexity index is 1010. The molecule has 8 heteroatoms. The summed E-state index contributed by atoms with van der Waals surface area (Å²) in [5, 5.41) is 14.3. The van der Waals surface area contributed by atoms with Crippen molar-refractivity contribution < 1.29 is 24.2 Å². The molecule has 0 atom stereocenters. The Balaban J connectivity index is 1.63. The average molecular weight is 412 g/mol. The summed E-state index contributed by atoms with van der Waals surface area (Å²) in [7, 11) is 3.15. The van der Waals surface area contributed by atoms with Crippen LogP contribution >= 0.6 is 11.3 Å². The van der Waals surface area contributed by atoms with Gasteiger partial charge in [0.05, 0.1) is 37.5 Å². The molecule has 0 fully saturated rings. The second-order valence-electron chi connectivity index (χ2n) is 6.14. The molecule has 1 aromatic heterocycles. The third kappa shape index (κ3) is 4.91. The summed E-state index contributed by atoms with van der Waals surface area (Å²) in [6.45, 7) is 0.319. The van der Waals surface area contributed by atoms with Gasteiger partial charge in [0.1, 0.15) is 5.01 Å². The number of ether oxygens (including phenoxy) is 2. The summed E-state index contributed by atoms with van der Waals surface area (Å²) in [4.78, 5) is 27.7. The van der Waals surface area contributed by atoms with Gasteiger partial charge in [-0.1, -0.05) is 18.2 Å². The van der Waals surface area contributed by atoms with Crippen molar-refractivity contribution in [1.29, 1.82) is 0 Å². The Hall–Kier alpha value is -3.39. The van der Waals surface area contributed by atoms with Crippen LogP contribution in [0.4, 0.5) is 0 Å². The number of hydrogen-bond acceptors (Lipinski definition) is 6. The molecule has 0 unspecified atom stereocenters. The monoisotopic (exact) mass is 412 g/mol. The van der Waals surface area contributed by atoms with Crippen LogP contribution in [0, 0.1) is 0 Å². The standard InChI is InChI=1S/C21H20N2O5S/c1-27-17-5-3-4-16(19(17)28-2)20-23-15(12-29-20)10-18(24)22-11-13-6-8-14(9-7-13)21(25)26/h3-9,12H,10-11H2,1-2H3,(H,22,24)(H,25,26). The number of aromatic carboxylic acids is 1. The molecule has 0 saturated heterocycles. The first kappa shape index (κ1) is 20.3. The van der Waals surface area contributed by atoms with Gasteiger partial charge in [0.15, 0.2) is 11.5 Å². The Morgan fingerprint density at radius 1 is 1.10 bits per heavy atom. The fourth-order valence-electron chi connectivity index (χ4n) is 2.76. The molecule has 0 aliphatic rings. The molecule has 1 amide bonds. The lowest BCUT2D eigenvalue weighted by atomic mass is 10.1. The van der Waals surface area contributed by atoms with Gasteiger partial charge in [-0.05, 0) is 29.8 Å². The van der Waals surface area contributed by atoms with Gasteiger partial charge < -0.3 is 19.9 Å². The maximum Gasteiger partial charge on any atom is 0.335 e. The van der Waals surface area contributed by atoms with Crippen LogP contribution in [0.15, 0.2) is 47.8 Å². The smallest absolute Gasteiger partial charge is 0.335 e. The molecule has 0 aliphatic carbocycles. The van der Waals surface area contributed by atoms with Crippen LogP contribution in [-0.2, 0) is 17.8 Å². The summed E-state index contributed by atoms with van der Waals surface area (Å²) in [6.07, 6.45) is 0.149. The molecule has 0 aliphatic heterocycles. The zero-order valence-electron chi connectivity index (χ0n) is 16.0. The number of carboxylic acid groups (broad SMARTS) is 1. The first-order valence-corrected chi connectivity index (χ1v) is 9.64. The molecule has 2 aromatic carbocycles. The highest BCUT2D eigenvalue weighted by atomic mass is 32.1. The van der Waals surface area contributed by atoms with Gasteiger partial charge in [0.25, 0.3) is 0 Å². The van der Waals surface area contributed by atoms with E-state index in [-0.39, 0.29) is 17.9 Å². The van der Waals surface area contributed by atoms with E-state index in [1.807, 2.05) is 23.6 Å². The van der Waals surface area contributed by atoms with Crippen molar-refractivity contribution in [2.75, 3.05) is 14.2 Å². The average Bonchev–Trinajstić information content (AvgIpc) is 3.20. The van der Waals surface area contributed by atoms with Crippen molar-refractivity contribution in [1.82, 2.24) is 10.3 Å². The zero-order chi connectivity index (χ0) is 20.8. The van der Waals surface area contributed by atoms with Crippen molar-refractivity contribution in [3.8, 4) is 22.1 Å². The summed E-state index contributed by atoms with van der Waals surface area (Å²) in [5.74, 6) is 0.0768. The van der Waals surface area contributed by atoms with E-state index in [2.05, 4.69) is 10.3 Å². The van der Waals surface area contributed by atoms with E-state index in [1.165, 1.54) is 23.5 Å². The van der Waals surface area contributed by atoms with Gasteiger partial charge >= 0.3 is 5.97 Å². The number of benzene rings is 2. The predicted octanol–water partition coefficient (Wildman–Crippen LogP) is 3.38. The molecular formula is C21H20N2O5S. The van der Waals surface area contributed by atoms with Gasteiger partial charge in [0.2, 0.25) is 5.91 Å². The SMILES string of the molecule is COc1cccc(-c2nc(CC(=O)NCc3ccc(C(=O)O)cc3)cs2)c1OC. The van der Waals surface area contributed by atoms with E-state index in [0.29, 0.717) is 23.7 Å². The summed E-state index contributed by atoms with van der Waals surface area (Å²) < 4.78 is 10.8. The maximum atomic E-state index is 12.2. The van der Waals surface area contributed by atoms with Crippen molar-refractivity contribution in [3.63, 3.8) is 0 Å². The molecular weight excluding hydrogens is 392 g/mol. The Morgan fingerprint density at radius 3 is 2.52 bits per heavy atom.